The number of unbranched alkanes of at least 4 members (excludes halogenated alkanes) is 8. The lowest BCUT2D eigenvalue weighted by atomic mass is 9.96. The van der Waals surface area contributed by atoms with E-state index < -0.39 is 0 Å². The predicted octanol–water partition coefficient (Wildman–Crippen LogP) is 7.84. The van der Waals surface area contributed by atoms with Gasteiger partial charge in [0.1, 0.15) is 23.0 Å². The molecule has 0 N–H and O–H groups in total. The summed E-state index contributed by atoms with van der Waals surface area (Å²) in [6.45, 7) is 4.33. The van der Waals surface area contributed by atoms with Gasteiger partial charge in [-0.3, -0.25) is 0 Å². The van der Waals surface area contributed by atoms with E-state index in [1.807, 2.05) is 18.2 Å². The van der Waals surface area contributed by atoms with Crippen LogP contribution >= 0.6 is 0 Å². The Hall–Kier alpha value is -2.96. The summed E-state index contributed by atoms with van der Waals surface area (Å²) in [7, 11) is 6.47. The number of rotatable bonds is 18. The molecular formula is C30H45NO6. The average molecular weight is 516 g/mol. The normalized spacial score (nSPS) is 11.5. The van der Waals surface area contributed by atoms with Gasteiger partial charge in [-0.2, -0.15) is 0 Å². The third-order valence-electron chi connectivity index (χ3n) is 6.56. The SMILES string of the molecule is CCCCCCCCCC(=NOC(=O)CCCCC)c1cc(OC)c2c(OC)ccc(OC)c2c1OC. The van der Waals surface area contributed by atoms with Crippen molar-refractivity contribution in [3.63, 3.8) is 0 Å². The Bertz CT molecular complexity index is 1020. The van der Waals surface area contributed by atoms with Gasteiger partial charge in [-0.25, -0.2) is 4.79 Å². The third-order valence-corrected chi connectivity index (χ3v) is 6.56. The third kappa shape index (κ3) is 8.54. The largest absolute Gasteiger partial charge is 0.496 e. The van der Waals surface area contributed by atoms with E-state index in [4.69, 9.17) is 23.8 Å². The number of benzene rings is 2. The zero-order valence-electron chi connectivity index (χ0n) is 23.6. The molecule has 0 amide bonds. The van der Waals surface area contributed by atoms with Crippen LogP contribution in [0.2, 0.25) is 0 Å². The van der Waals surface area contributed by atoms with E-state index in [9.17, 15) is 4.79 Å². The summed E-state index contributed by atoms with van der Waals surface area (Å²) in [4.78, 5) is 17.8. The van der Waals surface area contributed by atoms with Crippen LogP contribution in [0.4, 0.5) is 0 Å². The minimum absolute atomic E-state index is 0.323. The Labute approximate surface area is 222 Å². The first-order chi connectivity index (χ1) is 18.1. The molecule has 0 spiro atoms. The molecule has 0 aliphatic carbocycles. The van der Waals surface area contributed by atoms with E-state index in [1.54, 1.807) is 28.4 Å². The van der Waals surface area contributed by atoms with Gasteiger partial charge in [0.15, 0.2) is 0 Å². The Morgan fingerprint density at radius 2 is 1.22 bits per heavy atom. The standard InChI is InChI=1S/C30H45NO6/c1-7-9-11-12-13-14-16-17-23(31-37-27(32)18-15-10-8-2)22-21-26(35-5)28-24(33-3)19-20-25(34-4)29(28)30(22)36-6/h19-21H,7-18H2,1-6H3. The van der Waals surface area contributed by atoms with Gasteiger partial charge in [0.05, 0.1) is 44.9 Å². The molecule has 2 aromatic rings. The van der Waals surface area contributed by atoms with Gasteiger partial charge in [-0.1, -0.05) is 70.4 Å². The number of carbonyl (C=O) groups excluding carboxylic acids is 1. The number of oxime groups is 1. The zero-order valence-corrected chi connectivity index (χ0v) is 23.6. The van der Waals surface area contributed by atoms with Crippen LogP contribution in [-0.2, 0) is 9.63 Å². The molecule has 0 saturated carbocycles. The second-order valence-electron chi connectivity index (χ2n) is 9.21. The Balaban J connectivity index is 2.49. The lowest BCUT2D eigenvalue weighted by molar-refractivity contribution is -0.143. The first kappa shape index (κ1) is 30.3. The van der Waals surface area contributed by atoms with Crippen molar-refractivity contribution in [1.29, 1.82) is 0 Å². The van der Waals surface area contributed by atoms with Crippen LogP contribution in [0.1, 0.15) is 96.5 Å². The first-order valence-electron chi connectivity index (χ1n) is 13.6. The van der Waals surface area contributed by atoms with Gasteiger partial charge in [-0.15, -0.1) is 0 Å². The highest BCUT2D eigenvalue weighted by Gasteiger charge is 2.24. The quantitative estimate of drug-likeness (QED) is 0.0871. The second kappa shape index (κ2) is 16.7. The summed E-state index contributed by atoms with van der Waals surface area (Å²) in [5, 5.41) is 5.84. The van der Waals surface area contributed by atoms with E-state index in [2.05, 4.69) is 19.0 Å². The maximum absolute atomic E-state index is 12.4. The molecule has 206 valence electrons. The van der Waals surface area contributed by atoms with Crippen molar-refractivity contribution in [3.05, 3.63) is 23.8 Å². The Kier molecular flexibility index (Phi) is 13.7. The number of methoxy groups -OCH3 is 4. The first-order valence-corrected chi connectivity index (χ1v) is 13.6. The molecule has 0 atom stereocenters. The Morgan fingerprint density at radius 1 is 0.676 bits per heavy atom. The number of fused-ring (bicyclic) bond motifs is 1. The molecule has 0 unspecified atom stereocenters. The molecule has 0 fully saturated rings. The molecule has 0 aliphatic rings. The van der Waals surface area contributed by atoms with Crippen LogP contribution in [0.3, 0.4) is 0 Å². The summed E-state index contributed by atoms with van der Waals surface area (Å²) in [5.74, 6) is 2.12. The highest BCUT2D eigenvalue weighted by molar-refractivity contribution is 6.12. The zero-order chi connectivity index (χ0) is 27.0. The molecule has 2 rings (SSSR count). The van der Waals surface area contributed by atoms with Crippen LogP contribution < -0.4 is 18.9 Å². The summed E-state index contributed by atoms with van der Waals surface area (Å²) in [6, 6.07) is 5.57. The molecule has 0 aromatic heterocycles. The van der Waals surface area contributed by atoms with Gasteiger partial charge in [0.25, 0.3) is 0 Å². The van der Waals surface area contributed by atoms with Crippen molar-refractivity contribution in [2.75, 3.05) is 28.4 Å². The van der Waals surface area contributed by atoms with E-state index in [-0.39, 0.29) is 5.97 Å². The molecule has 7 nitrogen and oxygen atoms in total. The second-order valence-corrected chi connectivity index (χ2v) is 9.21. The van der Waals surface area contributed by atoms with E-state index in [0.717, 1.165) is 42.9 Å². The van der Waals surface area contributed by atoms with Gasteiger partial charge in [0.2, 0.25) is 0 Å². The maximum atomic E-state index is 12.4. The van der Waals surface area contributed by atoms with Crippen molar-refractivity contribution in [3.8, 4) is 23.0 Å². The van der Waals surface area contributed by atoms with Gasteiger partial charge >= 0.3 is 5.97 Å². The fraction of sp³-hybridized carbons (Fsp3) is 0.600. The number of hydrogen-bond donors (Lipinski definition) is 0. The highest BCUT2D eigenvalue weighted by Crippen LogP contribution is 2.46. The van der Waals surface area contributed by atoms with Crippen molar-refractivity contribution in [1.82, 2.24) is 0 Å². The van der Waals surface area contributed by atoms with Crippen LogP contribution in [0.25, 0.3) is 10.8 Å². The average Bonchev–Trinajstić information content (AvgIpc) is 2.92. The fourth-order valence-corrected chi connectivity index (χ4v) is 4.52. The molecule has 7 heteroatoms. The molecule has 0 saturated heterocycles. The molecule has 0 aliphatic heterocycles. The summed E-state index contributed by atoms with van der Waals surface area (Å²) >= 11 is 0. The van der Waals surface area contributed by atoms with Crippen molar-refractivity contribution in [2.45, 2.75) is 90.9 Å². The van der Waals surface area contributed by atoms with E-state index in [1.165, 1.54) is 32.1 Å². The van der Waals surface area contributed by atoms with Gasteiger partial charge < -0.3 is 23.8 Å². The maximum Gasteiger partial charge on any atom is 0.335 e. The smallest absolute Gasteiger partial charge is 0.335 e. The van der Waals surface area contributed by atoms with Crippen molar-refractivity contribution >= 4 is 22.5 Å². The van der Waals surface area contributed by atoms with Crippen molar-refractivity contribution < 1.29 is 28.6 Å². The Morgan fingerprint density at radius 3 is 1.81 bits per heavy atom. The van der Waals surface area contributed by atoms with Crippen LogP contribution in [0, 0.1) is 0 Å². The fourth-order valence-electron chi connectivity index (χ4n) is 4.52. The van der Waals surface area contributed by atoms with Crippen molar-refractivity contribution in [2.24, 2.45) is 5.16 Å². The number of carbonyl (C=O) groups is 1. The number of hydrogen-bond acceptors (Lipinski definition) is 7. The van der Waals surface area contributed by atoms with Gasteiger partial charge in [-0.05, 0) is 37.5 Å². The number of nitrogens with zero attached hydrogens (tertiary/aromatic N) is 1. The highest BCUT2D eigenvalue weighted by atomic mass is 16.7. The molecular weight excluding hydrogens is 470 g/mol. The molecule has 0 bridgehead atoms. The number of ether oxygens (including phenoxy) is 4. The van der Waals surface area contributed by atoms with Crippen LogP contribution in [0.5, 0.6) is 23.0 Å². The predicted molar refractivity (Wildman–Crippen MR) is 150 cm³/mol. The summed E-state index contributed by atoms with van der Waals surface area (Å²) in [6.07, 6.45) is 12.0. The molecule has 37 heavy (non-hydrogen) atoms. The van der Waals surface area contributed by atoms with Crippen LogP contribution in [0.15, 0.2) is 23.4 Å². The monoisotopic (exact) mass is 515 g/mol. The minimum atomic E-state index is -0.323. The lowest BCUT2D eigenvalue weighted by Gasteiger charge is -2.19. The summed E-state index contributed by atoms with van der Waals surface area (Å²) in [5.41, 5.74) is 1.37. The van der Waals surface area contributed by atoms with Gasteiger partial charge in [0, 0.05) is 12.0 Å². The molecule has 0 radical (unpaired) electrons. The minimum Gasteiger partial charge on any atom is -0.496 e. The lowest BCUT2D eigenvalue weighted by Crippen LogP contribution is -2.09. The summed E-state index contributed by atoms with van der Waals surface area (Å²) < 4.78 is 23.0. The van der Waals surface area contributed by atoms with Crippen LogP contribution in [-0.4, -0.2) is 40.1 Å². The van der Waals surface area contributed by atoms with E-state index >= 15 is 0 Å². The van der Waals surface area contributed by atoms with E-state index in [0.29, 0.717) is 47.1 Å². The molecule has 0 heterocycles. The topological polar surface area (TPSA) is 75.6 Å². The molecule has 2 aromatic carbocycles.